The minimum Gasteiger partial charge on any atom is -0.282 e. The first kappa shape index (κ1) is 25.9. The van der Waals surface area contributed by atoms with Crippen molar-refractivity contribution < 1.29 is 14.8 Å². The molecular formula is C26H18ClN5O6. The maximum Gasteiger partial charge on any atom is 0.307 e. The Morgan fingerprint density at radius 3 is 1.82 bits per heavy atom. The van der Waals surface area contributed by atoms with Crippen molar-refractivity contribution >= 4 is 51.6 Å². The van der Waals surface area contributed by atoms with Gasteiger partial charge in [0.25, 0.3) is 5.69 Å². The molecule has 0 aliphatic heterocycles. The first-order chi connectivity index (χ1) is 18.2. The molecule has 4 aromatic carbocycles. The van der Waals surface area contributed by atoms with Crippen LogP contribution in [-0.4, -0.2) is 20.6 Å². The number of benzene rings is 4. The minimum atomic E-state index is -0.918. The van der Waals surface area contributed by atoms with Gasteiger partial charge in [0.1, 0.15) is 5.84 Å². The quantitative estimate of drug-likeness (QED) is 0.105. The average Bonchev–Trinajstić information content (AvgIpc) is 2.90. The second kappa shape index (κ2) is 10.8. The molecule has 11 nitrogen and oxygen atoms in total. The van der Waals surface area contributed by atoms with Gasteiger partial charge in [-0.1, -0.05) is 47.5 Å². The van der Waals surface area contributed by atoms with Crippen LogP contribution < -0.4 is 4.90 Å². The van der Waals surface area contributed by atoms with Crippen LogP contribution in [0.4, 0.5) is 34.1 Å². The van der Waals surface area contributed by atoms with E-state index in [1.54, 1.807) is 78.9 Å². The fourth-order valence-electron chi connectivity index (χ4n) is 3.72. The maximum absolute atomic E-state index is 12.2. The zero-order valence-corrected chi connectivity index (χ0v) is 20.5. The third-order valence-electron chi connectivity index (χ3n) is 5.48. The lowest BCUT2D eigenvalue weighted by Crippen LogP contribution is -2.28. The number of rotatable bonds is 7. The summed E-state index contributed by atoms with van der Waals surface area (Å²) in [6.45, 7) is 1.84. The molecule has 4 aromatic rings. The second-order valence-corrected chi connectivity index (χ2v) is 8.49. The van der Waals surface area contributed by atoms with Crippen molar-refractivity contribution in [3.8, 4) is 0 Å². The van der Waals surface area contributed by atoms with Crippen molar-refractivity contribution in [3.63, 3.8) is 0 Å². The maximum atomic E-state index is 12.2. The van der Waals surface area contributed by atoms with E-state index < -0.39 is 37.5 Å². The van der Waals surface area contributed by atoms with Crippen molar-refractivity contribution in [3.05, 3.63) is 137 Å². The highest BCUT2D eigenvalue weighted by Gasteiger charge is 2.37. The van der Waals surface area contributed by atoms with Crippen LogP contribution in [0.1, 0.15) is 11.1 Å². The smallest absolute Gasteiger partial charge is 0.282 e. The lowest BCUT2D eigenvalue weighted by molar-refractivity contribution is -0.402. The first-order valence-electron chi connectivity index (χ1n) is 11.0. The summed E-state index contributed by atoms with van der Waals surface area (Å²) in [5, 5.41) is 36.3. The predicted molar refractivity (Wildman–Crippen MR) is 144 cm³/mol. The number of nitrogens with zero attached hydrogens (tertiary/aromatic N) is 5. The van der Waals surface area contributed by atoms with Crippen molar-refractivity contribution in [1.82, 2.24) is 0 Å². The number of anilines is 2. The van der Waals surface area contributed by atoms with Crippen molar-refractivity contribution in [1.29, 1.82) is 0 Å². The average molecular weight is 532 g/mol. The van der Waals surface area contributed by atoms with E-state index >= 15 is 0 Å². The number of halogens is 1. The molecule has 0 N–H and O–H groups in total. The van der Waals surface area contributed by atoms with Crippen molar-refractivity contribution in [2.75, 3.05) is 4.90 Å². The summed E-state index contributed by atoms with van der Waals surface area (Å²) in [6.07, 6.45) is 0. The number of nitro benzene ring substituents is 3. The molecule has 0 amide bonds. The molecule has 12 heteroatoms. The summed E-state index contributed by atoms with van der Waals surface area (Å²) < 4.78 is 0. The minimum absolute atomic E-state index is 0.0942. The SMILES string of the molecule is Cc1ccc(N(C(=Nc2ccccc2)c2ccc(Cl)cc2)c2c([N+](=O)[O-])cc([N+](=O)[O-])cc2[N+](=O)[O-])cc1. The number of aliphatic imine (C=N–C) groups is 1. The van der Waals surface area contributed by atoms with Gasteiger partial charge in [0, 0.05) is 16.3 Å². The second-order valence-electron chi connectivity index (χ2n) is 8.05. The van der Waals surface area contributed by atoms with Gasteiger partial charge in [-0.05, 0) is 55.5 Å². The molecule has 0 aliphatic carbocycles. The molecular weight excluding hydrogens is 514 g/mol. The third-order valence-corrected chi connectivity index (χ3v) is 5.73. The van der Waals surface area contributed by atoms with Gasteiger partial charge in [-0.15, -0.1) is 0 Å². The van der Waals surface area contributed by atoms with Crippen LogP contribution in [0.3, 0.4) is 0 Å². The van der Waals surface area contributed by atoms with Gasteiger partial charge in [0.2, 0.25) is 5.69 Å². The molecule has 0 fully saturated rings. The Balaban J connectivity index is 2.15. The molecule has 0 spiro atoms. The lowest BCUT2D eigenvalue weighted by atomic mass is 10.1. The molecule has 0 bridgehead atoms. The number of nitro groups is 3. The van der Waals surface area contributed by atoms with Crippen LogP contribution in [-0.2, 0) is 0 Å². The standard InChI is InChI=1S/C26H18ClN5O6/c1-17-7-13-21(14-8-17)29(25-23(31(35)36)15-22(30(33)34)16-24(25)32(37)38)26(18-9-11-19(27)12-10-18)28-20-5-3-2-4-6-20/h2-16H,1H3. The molecule has 4 rings (SSSR count). The molecule has 38 heavy (non-hydrogen) atoms. The Labute approximate surface area is 220 Å². The van der Waals surface area contributed by atoms with Gasteiger partial charge in [0.15, 0.2) is 0 Å². The Morgan fingerprint density at radius 2 is 1.32 bits per heavy atom. The van der Waals surface area contributed by atoms with E-state index in [2.05, 4.69) is 0 Å². The molecule has 0 aliphatic rings. The highest BCUT2D eigenvalue weighted by atomic mass is 35.5. The molecule has 0 unspecified atom stereocenters. The summed E-state index contributed by atoms with van der Waals surface area (Å²) in [5.41, 5.74) is -0.872. The summed E-state index contributed by atoms with van der Waals surface area (Å²) in [5.74, 6) is 0.0942. The Hall–Kier alpha value is -5.16. The Kier molecular flexibility index (Phi) is 7.40. The van der Waals surface area contributed by atoms with Crippen LogP contribution in [0, 0.1) is 37.3 Å². The Bertz CT molecular complexity index is 1520. The number of hydrogen-bond donors (Lipinski definition) is 0. The largest absolute Gasteiger partial charge is 0.307 e. The van der Waals surface area contributed by atoms with Crippen LogP contribution in [0.15, 0.2) is 96.0 Å². The van der Waals surface area contributed by atoms with Crippen molar-refractivity contribution in [2.45, 2.75) is 6.92 Å². The molecule has 0 heterocycles. The molecule has 0 radical (unpaired) electrons. The Morgan fingerprint density at radius 1 is 0.763 bits per heavy atom. The number of amidine groups is 1. The number of non-ortho nitro benzene ring substituents is 1. The van der Waals surface area contributed by atoms with Crippen LogP contribution in [0.5, 0.6) is 0 Å². The third kappa shape index (κ3) is 5.47. The topological polar surface area (TPSA) is 145 Å². The normalized spacial score (nSPS) is 11.2. The molecule has 0 aromatic heterocycles. The summed E-state index contributed by atoms with van der Waals surface area (Å²) in [4.78, 5) is 39.2. The van der Waals surface area contributed by atoms with Gasteiger partial charge in [-0.2, -0.15) is 0 Å². The highest BCUT2D eigenvalue weighted by Crippen LogP contribution is 2.45. The fourth-order valence-corrected chi connectivity index (χ4v) is 3.85. The summed E-state index contributed by atoms with van der Waals surface area (Å²) >= 11 is 6.09. The first-order valence-corrected chi connectivity index (χ1v) is 11.4. The van der Waals surface area contributed by atoms with Gasteiger partial charge in [0.05, 0.1) is 32.6 Å². The van der Waals surface area contributed by atoms with Gasteiger partial charge < -0.3 is 0 Å². The van der Waals surface area contributed by atoms with E-state index in [1.807, 2.05) is 6.92 Å². The van der Waals surface area contributed by atoms with E-state index in [0.717, 1.165) is 5.56 Å². The molecule has 0 saturated carbocycles. The number of para-hydroxylation sites is 1. The van der Waals surface area contributed by atoms with E-state index in [1.165, 1.54) is 4.90 Å². The van der Waals surface area contributed by atoms with Crippen LogP contribution >= 0.6 is 11.6 Å². The van der Waals surface area contributed by atoms with Crippen LogP contribution in [0.2, 0.25) is 5.02 Å². The predicted octanol–water partition coefficient (Wildman–Crippen LogP) is 7.29. The van der Waals surface area contributed by atoms with E-state index in [0.29, 0.717) is 34.1 Å². The number of hydrogen-bond acceptors (Lipinski definition) is 7. The van der Waals surface area contributed by atoms with E-state index in [-0.39, 0.29) is 5.84 Å². The van der Waals surface area contributed by atoms with Gasteiger partial charge in [-0.25, -0.2) is 4.99 Å². The monoisotopic (exact) mass is 531 g/mol. The lowest BCUT2D eigenvalue weighted by Gasteiger charge is -2.26. The van der Waals surface area contributed by atoms with Crippen LogP contribution in [0.25, 0.3) is 0 Å². The van der Waals surface area contributed by atoms with Crippen molar-refractivity contribution in [2.24, 2.45) is 4.99 Å². The van der Waals surface area contributed by atoms with E-state index in [4.69, 9.17) is 16.6 Å². The molecule has 0 atom stereocenters. The summed E-state index contributed by atoms with van der Waals surface area (Å²) in [7, 11) is 0. The summed E-state index contributed by atoms with van der Waals surface area (Å²) in [6, 6.07) is 23.2. The number of aryl methyl sites for hydroxylation is 1. The molecule has 190 valence electrons. The van der Waals surface area contributed by atoms with E-state index in [9.17, 15) is 30.3 Å². The zero-order valence-electron chi connectivity index (χ0n) is 19.7. The highest BCUT2D eigenvalue weighted by molar-refractivity contribution is 6.30. The zero-order chi connectivity index (χ0) is 27.4. The van der Waals surface area contributed by atoms with Gasteiger partial charge >= 0.3 is 11.4 Å². The van der Waals surface area contributed by atoms with Gasteiger partial charge in [-0.3, -0.25) is 35.2 Å². The fraction of sp³-hybridized carbons (Fsp3) is 0.0385. The molecule has 0 saturated heterocycles.